The van der Waals surface area contributed by atoms with Gasteiger partial charge in [0.1, 0.15) is 5.69 Å². The molecular formula is C7H4FN. The van der Waals surface area contributed by atoms with Crippen LogP contribution in [0, 0.1) is 18.2 Å². The second kappa shape index (κ2) is 2.27. The van der Waals surface area contributed by atoms with Crippen molar-refractivity contribution in [3.8, 4) is 12.3 Å². The highest BCUT2D eigenvalue weighted by atomic mass is 19.1. The lowest BCUT2D eigenvalue weighted by Gasteiger charge is -1.87. The lowest BCUT2D eigenvalue weighted by atomic mass is 10.3. The zero-order chi connectivity index (χ0) is 6.69. The van der Waals surface area contributed by atoms with E-state index < -0.39 is 5.82 Å². The summed E-state index contributed by atoms with van der Waals surface area (Å²) in [6.07, 6.45) is 6.35. The number of hydrogen-bond acceptors (Lipinski definition) is 1. The molecule has 1 aromatic rings. The van der Waals surface area contributed by atoms with Crippen molar-refractivity contribution in [3.05, 3.63) is 29.8 Å². The first kappa shape index (κ1) is 5.77. The number of nitrogens with zero attached hydrogens (tertiary/aromatic N) is 1. The van der Waals surface area contributed by atoms with Gasteiger partial charge in [-0.2, -0.15) is 0 Å². The van der Waals surface area contributed by atoms with Crippen LogP contribution >= 0.6 is 0 Å². The molecule has 1 nitrogen and oxygen atoms in total. The van der Waals surface area contributed by atoms with Gasteiger partial charge in [0.05, 0.1) is 0 Å². The predicted molar refractivity (Wildman–Crippen MR) is 32.1 cm³/mol. The predicted octanol–water partition coefficient (Wildman–Crippen LogP) is 1.20. The first-order chi connectivity index (χ1) is 4.34. The summed E-state index contributed by atoms with van der Waals surface area (Å²) in [7, 11) is 0. The minimum atomic E-state index is -0.444. The van der Waals surface area contributed by atoms with Crippen molar-refractivity contribution in [2.75, 3.05) is 0 Å². The van der Waals surface area contributed by atoms with Crippen LogP contribution in [0.3, 0.4) is 0 Å². The van der Waals surface area contributed by atoms with Crippen molar-refractivity contribution in [1.29, 1.82) is 0 Å². The van der Waals surface area contributed by atoms with Crippen LogP contribution in [0.4, 0.5) is 4.39 Å². The quantitative estimate of drug-likeness (QED) is 0.470. The molecule has 0 fully saturated rings. The second-order valence-corrected chi connectivity index (χ2v) is 1.48. The van der Waals surface area contributed by atoms with E-state index in [1.165, 1.54) is 18.3 Å². The van der Waals surface area contributed by atoms with Gasteiger partial charge in [-0.05, 0) is 18.1 Å². The average Bonchev–Trinajstić information content (AvgIpc) is 1.89. The number of aromatic nitrogens is 1. The van der Waals surface area contributed by atoms with Crippen molar-refractivity contribution < 1.29 is 4.39 Å². The Hall–Kier alpha value is -1.36. The maximum absolute atomic E-state index is 12.4. The van der Waals surface area contributed by atoms with Crippen LogP contribution in [0.15, 0.2) is 18.3 Å². The van der Waals surface area contributed by atoms with Gasteiger partial charge < -0.3 is 0 Å². The fourth-order valence-electron chi connectivity index (χ4n) is 0.492. The minimum absolute atomic E-state index is 0.0671. The molecule has 0 saturated carbocycles. The highest BCUT2D eigenvalue weighted by molar-refractivity contribution is 5.24. The topological polar surface area (TPSA) is 12.9 Å². The smallest absolute Gasteiger partial charge is 0.157 e. The summed E-state index contributed by atoms with van der Waals surface area (Å²) in [5, 5.41) is 0. The molecule has 0 amide bonds. The van der Waals surface area contributed by atoms with E-state index >= 15 is 0 Å². The molecule has 0 atom stereocenters. The van der Waals surface area contributed by atoms with Crippen LogP contribution in [0.5, 0.6) is 0 Å². The molecule has 0 aromatic carbocycles. The molecule has 0 aliphatic heterocycles. The van der Waals surface area contributed by atoms with E-state index in [0.29, 0.717) is 0 Å². The highest BCUT2D eigenvalue weighted by Gasteiger charge is 1.94. The fraction of sp³-hybridized carbons (Fsp3) is 0. The highest BCUT2D eigenvalue weighted by Crippen LogP contribution is 1.98. The average molecular weight is 121 g/mol. The molecule has 1 heterocycles. The Bertz CT molecular complexity index is 249. The van der Waals surface area contributed by atoms with Gasteiger partial charge in [-0.1, -0.05) is 0 Å². The van der Waals surface area contributed by atoms with E-state index in [2.05, 4.69) is 10.9 Å². The van der Waals surface area contributed by atoms with Crippen LogP contribution in [0.1, 0.15) is 5.69 Å². The standard InChI is InChI=1S/C7H4FN/c1-2-7-6(8)4-3-5-9-7/h1,3-5H. The van der Waals surface area contributed by atoms with E-state index in [9.17, 15) is 4.39 Å². The Kier molecular flexibility index (Phi) is 1.46. The summed E-state index contributed by atoms with van der Waals surface area (Å²) in [6, 6.07) is 2.78. The van der Waals surface area contributed by atoms with Gasteiger partial charge in [0.2, 0.25) is 0 Å². The van der Waals surface area contributed by atoms with E-state index in [1.54, 1.807) is 0 Å². The van der Waals surface area contributed by atoms with E-state index in [0.717, 1.165) is 0 Å². The fourth-order valence-corrected chi connectivity index (χ4v) is 0.492. The molecule has 0 spiro atoms. The van der Waals surface area contributed by atoms with Gasteiger partial charge in [0.15, 0.2) is 5.82 Å². The van der Waals surface area contributed by atoms with Gasteiger partial charge in [0, 0.05) is 6.20 Å². The van der Waals surface area contributed by atoms with Crippen LogP contribution in [0.25, 0.3) is 0 Å². The Morgan fingerprint density at radius 3 is 2.89 bits per heavy atom. The minimum Gasteiger partial charge on any atom is -0.245 e. The Balaban J connectivity index is 3.20. The number of pyridine rings is 1. The molecule has 0 saturated heterocycles. The van der Waals surface area contributed by atoms with Crippen LogP contribution in [-0.4, -0.2) is 4.98 Å². The molecule has 0 aliphatic rings. The lowest BCUT2D eigenvalue weighted by molar-refractivity contribution is 0.617. The summed E-state index contributed by atoms with van der Waals surface area (Å²) in [5.74, 6) is 1.66. The first-order valence-corrected chi connectivity index (χ1v) is 2.41. The van der Waals surface area contributed by atoms with Gasteiger partial charge in [0.25, 0.3) is 0 Å². The Morgan fingerprint density at radius 2 is 2.44 bits per heavy atom. The third-order valence-corrected chi connectivity index (χ3v) is 0.895. The van der Waals surface area contributed by atoms with Gasteiger partial charge in [-0.25, -0.2) is 9.37 Å². The molecule has 0 aliphatic carbocycles. The van der Waals surface area contributed by atoms with Crippen LogP contribution < -0.4 is 0 Å². The number of rotatable bonds is 0. The number of halogens is 1. The van der Waals surface area contributed by atoms with Crippen molar-refractivity contribution >= 4 is 0 Å². The van der Waals surface area contributed by atoms with E-state index in [-0.39, 0.29) is 5.69 Å². The second-order valence-electron chi connectivity index (χ2n) is 1.48. The third-order valence-electron chi connectivity index (χ3n) is 0.895. The molecule has 44 valence electrons. The van der Waals surface area contributed by atoms with Crippen molar-refractivity contribution in [3.63, 3.8) is 0 Å². The lowest BCUT2D eigenvalue weighted by Crippen LogP contribution is -1.85. The first-order valence-electron chi connectivity index (χ1n) is 2.41. The summed E-state index contributed by atoms with van der Waals surface area (Å²) < 4.78 is 12.4. The molecule has 0 radical (unpaired) electrons. The summed E-state index contributed by atoms with van der Waals surface area (Å²) in [4.78, 5) is 3.59. The molecule has 0 bridgehead atoms. The maximum Gasteiger partial charge on any atom is 0.157 e. The monoisotopic (exact) mass is 121 g/mol. The third kappa shape index (κ3) is 1.06. The molecule has 0 N–H and O–H groups in total. The van der Waals surface area contributed by atoms with Crippen molar-refractivity contribution in [2.24, 2.45) is 0 Å². The molecule has 2 heteroatoms. The zero-order valence-corrected chi connectivity index (χ0v) is 4.63. The SMILES string of the molecule is C#Cc1ncccc1F. The molecule has 1 rings (SSSR count). The van der Waals surface area contributed by atoms with Crippen LogP contribution in [-0.2, 0) is 0 Å². The van der Waals surface area contributed by atoms with Gasteiger partial charge >= 0.3 is 0 Å². The summed E-state index contributed by atoms with van der Waals surface area (Å²) in [6.45, 7) is 0. The Morgan fingerprint density at radius 1 is 1.67 bits per heavy atom. The van der Waals surface area contributed by atoms with Crippen LogP contribution in [0.2, 0.25) is 0 Å². The summed E-state index contributed by atoms with van der Waals surface area (Å²) in [5.41, 5.74) is 0.0671. The Labute approximate surface area is 52.5 Å². The number of terminal acetylenes is 1. The molecule has 0 unspecified atom stereocenters. The zero-order valence-electron chi connectivity index (χ0n) is 4.63. The van der Waals surface area contributed by atoms with Gasteiger partial charge in [-0.15, -0.1) is 6.42 Å². The molecular weight excluding hydrogens is 117 g/mol. The van der Waals surface area contributed by atoms with Gasteiger partial charge in [-0.3, -0.25) is 0 Å². The largest absolute Gasteiger partial charge is 0.245 e. The molecule has 9 heavy (non-hydrogen) atoms. The van der Waals surface area contributed by atoms with Crippen molar-refractivity contribution in [1.82, 2.24) is 4.98 Å². The van der Waals surface area contributed by atoms with Crippen molar-refractivity contribution in [2.45, 2.75) is 0 Å². The summed E-state index contributed by atoms with van der Waals surface area (Å²) >= 11 is 0. The number of hydrogen-bond donors (Lipinski definition) is 0. The molecule has 1 aromatic heterocycles. The maximum atomic E-state index is 12.4. The van der Waals surface area contributed by atoms with E-state index in [1.807, 2.05) is 0 Å². The normalized spacial score (nSPS) is 8.44. The van der Waals surface area contributed by atoms with E-state index in [4.69, 9.17) is 6.42 Å².